The van der Waals surface area contributed by atoms with Gasteiger partial charge in [-0.25, -0.2) is 0 Å². The van der Waals surface area contributed by atoms with Crippen LogP contribution in [0.5, 0.6) is 0 Å². The highest BCUT2D eigenvalue weighted by molar-refractivity contribution is 5.79. The SMILES string of the molecule is CCCC(=O)COC1CCCC(OC)C1. The van der Waals surface area contributed by atoms with Crippen molar-refractivity contribution in [2.45, 2.75) is 57.7 Å². The fraction of sp³-hybridized carbons (Fsp3) is 0.917. The Labute approximate surface area is 92.1 Å². The molecule has 3 nitrogen and oxygen atoms in total. The normalized spacial score (nSPS) is 26.5. The molecule has 0 heterocycles. The van der Waals surface area contributed by atoms with Crippen LogP contribution in [0.15, 0.2) is 0 Å². The van der Waals surface area contributed by atoms with Crippen LogP contribution in [0.25, 0.3) is 0 Å². The van der Waals surface area contributed by atoms with Gasteiger partial charge in [0.05, 0.1) is 12.2 Å². The number of Topliss-reactive ketones (excluding diaryl/α,β-unsaturated/α-hetero) is 1. The fourth-order valence-electron chi connectivity index (χ4n) is 2.03. The van der Waals surface area contributed by atoms with Gasteiger partial charge < -0.3 is 9.47 Å². The standard InChI is InChI=1S/C12H22O3/c1-3-5-10(13)9-15-12-7-4-6-11(8-12)14-2/h11-12H,3-9H2,1-2H3. The van der Waals surface area contributed by atoms with Gasteiger partial charge in [-0.1, -0.05) is 6.92 Å². The first kappa shape index (κ1) is 12.7. The predicted molar refractivity (Wildman–Crippen MR) is 58.9 cm³/mol. The first-order valence-corrected chi connectivity index (χ1v) is 5.92. The van der Waals surface area contributed by atoms with Crippen molar-refractivity contribution in [1.82, 2.24) is 0 Å². The molecule has 88 valence electrons. The zero-order valence-electron chi connectivity index (χ0n) is 9.83. The Bertz CT molecular complexity index is 191. The monoisotopic (exact) mass is 214 g/mol. The number of hydrogen-bond donors (Lipinski definition) is 0. The average Bonchev–Trinajstić information content (AvgIpc) is 2.27. The first-order valence-electron chi connectivity index (χ1n) is 5.92. The van der Waals surface area contributed by atoms with Gasteiger partial charge in [0, 0.05) is 13.5 Å². The lowest BCUT2D eigenvalue weighted by Gasteiger charge is -2.27. The molecule has 0 bridgehead atoms. The topological polar surface area (TPSA) is 35.5 Å². The number of carbonyl (C=O) groups excluding carboxylic acids is 1. The molecule has 0 spiro atoms. The van der Waals surface area contributed by atoms with Crippen LogP contribution in [0.1, 0.15) is 45.4 Å². The van der Waals surface area contributed by atoms with Gasteiger partial charge in [0.25, 0.3) is 0 Å². The Kier molecular flexibility index (Phi) is 5.88. The Morgan fingerprint density at radius 2 is 2.07 bits per heavy atom. The zero-order valence-corrected chi connectivity index (χ0v) is 9.83. The smallest absolute Gasteiger partial charge is 0.158 e. The summed E-state index contributed by atoms with van der Waals surface area (Å²) in [7, 11) is 1.75. The van der Waals surface area contributed by atoms with Crippen LogP contribution in [0.4, 0.5) is 0 Å². The second-order valence-electron chi connectivity index (χ2n) is 4.25. The molecule has 3 heteroatoms. The van der Waals surface area contributed by atoms with Crippen LogP contribution in [-0.4, -0.2) is 31.7 Å². The summed E-state index contributed by atoms with van der Waals surface area (Å²) < 4.78 is 10.9. The van der Waals surface area contributed by atoms with E-state index in [0.29, 0.717) is 12.5 Å². The molecular formula is C12H22O3. The van der Waals surface area contributed by atoms with Gasteiger partial charge in [0.15, 0.2) is 5.78 Å². The highest BCUT2D eigenvalue weighted by Gasteiger charge is 2.22. The van der Waals surface area contributed by atoms with E-state index in [1.165, 1.54) is 0 Å². The van der Waals surface area contributed by atoms with Gasteiger partial charge in [-0.2, -0.15) is 0 Å². The third-order valence-corrected chi connectivity index (χ3v) is 2.92. The predicted octanol–water partition coefficient (Wildman–Crippen LogP) is 2.33. The van der Waals surface area contributed by atoms with E-state index in [0.717, 1.165) is 32.1 Å². The van der Waals surface area contributed by atoms with Gasteiger partial charge in [-0.15, -0.1) is 0 Å². The molecule has 2 unspecified atom stereocenters. The molecule has 2 atom stereocenters. The third kappa shape index (κ3) is 4.76. The van der Waals surface area contributed by atoms with Crippen molar-refractivity contribution in [2.75, 3.05) is 13.7 Å². The Hall–Kier alpha value is -0.410. The van der Waals surface area contributed by atoms with E-state index >= 15 is 0 Å². The number of rotatable bonds is 6. The van der Waals surface area contributed by atoms with Crippen LogP contribution in [0, 0.1) is 0 Å². The maximum Gasteiger partial charge on any atom is 0.158 e. The molecule has 0 aromatic carbocycles. The molecule has 1 aliphatic rings. The van der Waals surface area contributed by atoms with Crippen LogP contribution >= 0.6 is 0 Å². The largest absolute Gasteiger partial charge is 0.381 e. The number of carbonyl (C=O) groups is 1. The molecule has 1 aliphatic carbocycles. The quantitative estimate of drug-likeness (QED) is 0.680. The average molecular weight is 214 g/mol. The molecule has 0 aromatic rings. The minimum atomic E-state index is 0.219. The summed E-state index contributed by atoms with van der Waals surface area (Å²) >= 11 is 0. The van der Waals surface area contributed by atoms with Gasteiger partial charge in [-0.3, -0.25) is 4.79 Å². The summed E-state index contributed by atoms with van der Waals surface area (Å²) in [5.74, 6) is 0.219. The second-order valence-corrected chi connectivity index (χ2v) is 4.25. The summed E-state index contributed by atoms with van der Waals surface area (Å²) in [4.78, 5) is 11.3. The molecule has 0 radical (unpaired) electrons. The van der Waals surface area contributed by atoms with Crippen molar-refractivity contribution < 1.29 is 14.3 Å². The number of methoxy groups -OCH3 is 1. The van der Waals surface area contributed by atoms with E-state index < -0.39 is 0 Å². The van der Waals surface area contributed by atoms with E-state index in [-0.39, 0.29) is 18.5 Å². The minimum absolute atomic E-state index is 0.219. The van der Waals surface area contributed by atoms with Crippen molar-refractivity contribution in [1.29, 1.82) is 0 Å². The van der Waals surface area contributed by atoms with Gasteiger partial charge >= 0.3 is 0 Å². The summed E-state index contributed by atoms with van der Waals surface area (Å²) in [5.41, 5.74) is 0. The maximum atomic E-state index is 11.3. The van der Waals surface area contributed by atoms with E-state index in [2.05, 4.69) is 0 Å². The molecule has 1 fully saturated rings. The van der Waals surface area contributed by atoms with Crippen LogP contribution in [-0.2, 0) is 14.3 Å². The van der Waals surface area contributed by atoms with Gasteiger partial charge in [-0.05, 0) is 32.1 Å². The maximum absolute atomic E-state index is 11.3. The van der Waals surface area contributed by atoms with E-state index in [1.54, 1.807) is 7.11 Å². The lowest BCUT2D eigenvalue weighted by molar-refractivity contribution is -0.127. The van der Waals surface area contributed by atoms with Gasteiger partial charge in [0.1, 0.15) is 6.61 Å². The molecule has 0 saturated heterocycles. The minimum Gasteiger partial charge on any atom is -0.381 e. The summed E-state index contributed by atoms with van der Waals surface area (Å²) in [5, 5.41) is 0. The lowest BCUT2D eigenvalue weighted by atomic mass is 9.95. The lowest BCUT2D eigenvalue weighted by Crippen LogP contribution is -2.29. The first-order chi connectivity index (χ1) is 7.26. The highest BCUT2D eigenvalue weighted by atomic mass is 16.5. The van der Waals surface area contributed by atoms with E-state index in [1.807, 2.05) is 6.92 Å². The number of hydrogen-bond acceptors (Lipinski definition) is 3. The van der Waals surface area contributed by atoms with Gasteiger partial charge in [0.2, 0.25) is 0 Å². The molecule has 0 aromatic heterocycles. The summed E-state index contributed by atoms with van der Waals surface area (Å²) in [6, 6.07) is 0. The fourth-order valence-corrected chi connectivity index (χ4v) is 2.03. The molecule has 0 N–H and O–H groups in total. The summed E-state index contributed by atoms with van der Waals surface area (Å²) in [6.45, 7) is 2.30. The van der Waals surface area contributed by atoms with Crippen molar-refractivity contribution in [3.05, 3.63) is 0 Å². The van der Waals surface area contributed by atoms with Crippen LogP contribution < -0.4 is 0 Å². The molecule has 15 heavy (non-hydrogen) atoms. The zero-order chi connectivity index (χ0) is 11.1. The molecule has 1 rings (SSSR count). The highest BCUT2D eigenvalue weighted by Crippen LogP contribution is 2.22. The summed E-state index contributed by atoms with van der Waals surface area (Å²) in [6.07, 6.45) is 6.38. The molecular weight excluding hydrogens is 192 g/mol. The molecule has 0 aliphatic heterocycles. The number of ether oxygens (including phenoxy) is 2. The van der Waals surface area contributed by atoms with Crippen LogP contribution in [0.2, 0.25) is 0 Å². The Balaban J connectivity index is 2.17. The molecule has 0 amide bonds. The van der Waals surface area contributed by atoms with Crippen LogP contribution in [0.3, 0.4) is 0 Å². The van der Waals surface area contributed by atoms with Crippen molar-refractivity contribution >= 4 is 5.78 Å². The number of ketones is 1. The van der Waals surface area contributed by atoms with E-state index in [9.17, 15) is 4.79 Å². The van der Waals surface area contributed by atoms with Crippen molar-refractivity contribution in [3.8, 4) is 0 Å². The van der Waals surface area contributed by atoms with Crippen molar-refractivity contribution in [3.63, 3.8) is 0 Å². The molecule has 1 saturated carbocycles. The Morgan fingerprint density at radius 3 is 2.73 bits per heavy atom. The Morgan fingerprint density at radius 1 is 1.33 bits per heavy atom. The second kappa shape index (κ2) is 6.96. The third-order valence-electron chi connectivity index (χ3n) is 2.92. The van der Waals surface area contributed by atoms with Crippen molar-refractivity contribution in [2.24, 2.45) is 0 Å². The van der Waals surface area contributed by atoms with E-state index in [4.69, 9.17) is 9.47 Å².